The Labute approximate surface area is 127 Å². The molecule has 3 rings (SSSR count). The molecule has 2 fully saturated rings. The van der Waals surface area contributed by atoms with Crippen molar-refractivity contribution in [3.05, 3.63) is 24.3 Å². The van der Waals surface area contributed by atoms with Gasteiger partial charge in [-0.25, -0.2) is 0 Å². The van der Waals surface area contributed by atoms with Crippen LogP contribution in [0, 0.1) is 23.2 Å². The zero-order valence-corrected chi connectivity index (χ0v) is 13.0. The lowest BCUT2D eigenvalue weighted by molar-refractivity contribution is -0.130. The predicted molar refractivity (Wildman–Crippen MR) is 83.8 cm³/mol. The Morgan fingerprint density at radius 2 is 1.67 bits per heavy atom. The van der Waals surface area contributed by atoms with E-state index in [1.807, 2.05) is 0 Å². The molecule has 0 bridgehead atoms. The van der Waals surface area contributed by atoms with Gasteiger partial charge >= 0.3 is 0 Å². The van der Waals surface area contributed by atoms with E-state index in [9.17, 15) is 9.59 Å². The van der Waals surface area contributed by atoms with Gasteiger partial charge in [0.15, 0.2) is 0 Å². The maximum atomic E-state index is 12.2. The van der Waals surface area contributed by atoms with E-state index in [1.54, 1.807) is 0 Å². The highest BCUT2D eigenvalue weighted by atomic mass is 16.2. The molecule has 0 radical (unpaired) electrons. The van der Waals surface area contributed by atoms with Crippen LogP contribution in [-0.2, 0) is 9.59 Å². The largest absolute Gasteiger partial charge is 0.299 e. The zero-order chi connectivity index (χ0) is 14.9. The minimum Gasteiger partial charge on any atom is -0.299 e. The number of unbranched alkanes of at least 4 members (excludes halogenated alkanes) is 5. The monoisotopic (exact) mass is 286 g/mol. The van der Waals surface area contributed by atoms with E-state index in [-0.39, 0.29) is 34.7 Å². The van der Waals surface area contributed by atoms with Gasteiger partial charge in [0.2, 0.25) is 0 Å². The van der Waals surface area contributed by atoms with Crippen LogP contribution >= 0.6 is 0 Å². The van der Waals surface area contributed by atoms with Gasteiger partial charge in [-0.3, -0.25) is 9.59 Å². The van der Waals surface area contributed by atoms with Crippen molar-refractivity contribution in [1.29, 1.82) is 0 Å². The van der Waals surface area contributed by atoms with Gasteiger partial charge in [-0.05, 0) is 24.7 Å². The van der Waals surface area contributed by atoms with Crippen molar-refractivity contribution in [1.82, 2.24) is 0 Å². The van der Waals surface area contributed by atoms with Gasteiger partial charge < -0.3 is 0 Å². The van der Waals surface area contributed by atoms with E-state index in [2.05, 4.69) is 31.2 Å². The van der Waals surface area contributed by atoms with Crippen LogP contribution in [-0.4, -0.2) is 11.6 Å². The molecule has 3 aliphatic rings. The van der Waals surface area contributed by atoms with E-state index in [1.165, 1.54) is 32.1 Å². The lowest BCUT2D eigenvalue weighted by atomic mass is 9.71. The Hall–Kier alpha value is -1.18. The smallest absolute Gasteiger partial charge is 0.144 e. The first-order chi connectivity index (χ1) is 10.2. The van der Waals surface area contributed by atoms with Crippen LogP contribution in [0.15, 0.2) is 24.3 Å². The van der Waals surface area contributed by atoms with E-state index < -0.39 is 0 Å². The van der Waals surface area contributed by atoms with Crippen LogP contribution < -0.4 is 0 Å². The molecule has 0 aliphatic heterocycles. The number of ketones is 2. The summed E-state index contributed by atoms with van der Waals surface area (Å²) in [4.78, 5) is 24.4. The molecule has 2 heteroatoms. The lowest BCUT2D eigenvalue weighted by Gasteiger charge is -2.29. The molecule has 0 N–H and O–H groups in total. The second-order valence-electron chi connectivity index (χ2n) is 6.98. The molecule has 3 aliphatic carbocycles. The number of carbonyl (C=O) groups is 2. The quantitative estimate of drug-likeness (QED) is 0.398. The average molecular weight is 286 g/mol. The molecular formula is C19H26O2. The van der Waals surface area contributed by atoms with Crippen molar-refractivity contribution in [2.75, 3.05) is 0 Å². The Bertz CT molecular complexity index is 458. The number of Topliss-reactive ketones (excluding diaryl/α,β-unsaturated/α-hetero) is 2. The molecule has 0 aromatic carbocycles. The summed E-state index contributed by atoms with van der Waals surface area (Å²) in [7, 11) is 0. The standard InChI is InChI=1S/C19H26O2/c1-2-3-4-5-6-7-8-11-19-14-9-10-15(19)13-17(21)18(19)16(20)12-14/h8-11,14-15,18H,2-7,12-13H2,1H3/b11-8+. The summed E-state index contributed by atoms with van der Waals surface area (Å²) in [5.41, 5.74) is -0.169. The SMILES string of the molecule is CCCCCCC/C=C/C12C3C=CC1CC(=O)C2C(=O)C3. The summed E-state index contributed by atoms with van der Waals surface area (Å²) in [5, 5.41) is 0. The van der Waals surface area contributed by atoms with Gasteiger partial charge in [-0.2, -0.15) is 0 Å². The van der Waals surface area contributed by atoms with E-state index in [0.717, 1.165) is 6.42 Å². The van der Waals surface area contributed by atoms with Crippen LogP contribution in [0.25, 0.3) is 0 Å². The number of hydrogen-bond donors (Lipinski definition) is 0. The van der Waals surface area contributed by atoms with Gasteiger partial charge in [0.25, 0.3) is 0 Å². The van der Waals surface area contributed by atoms with Gasteiger partial charge in [-0.1, -0.05) is 56.9 Å². The van der Waals surface area contributed by atoms with E-state index in [4.69, 9.17) is 0 Å². The molecule has 0 aromatic rings. The average Bonchev–Trinajstić information content (AvgIpc) is 3.02. The minimum atomic E-state index is -0.334. The summed E-state index contributed by atoms with van der Waals surface area (Å²) >= 11 is 0. The lowest BCUT2D eigenvalue weighted by Crippen LogP contribution is -2.30. The van der Waals surface area contributed by atoms with Gasteiger partial charge in [0.1, 0.15) is 11.6 Å². The van der Waals surface area contributed by atoms with Crippen LogP contribution in [0.3, 0.4) is 0 Å². The van der Waals surface area contributed by atoms with Gasteiger partial charge in [0, 0.05) is 18.3 Å². The van der Waals surface area contributed by atoms with Crippen molar-refractivity contribution >= 4 is 11.6 Å². The molecule has 0 saturated heterocycles. The molecule has 2 saturated carbocycles. The van der Waals surface area contributed by atoms with Gasteiger partial charge in [0.05, 0.1) is 5.92 Å². The predicted octanol–water partition coefficient (Wildman–Crippen LogP) is 4.25. The molecule has 0 amide bonds. The summed E-state index contributed by atoms with van der Waals surface area (Å²) in [6.45, 7) is 2.23. The topological polar surface area (TPSA) is 34.1 Å². The Balaban J connectivity index is 1.64. The van der Waals surface area contributed by atoms with Crippen molar-refractivity contribution in [2.24, 2.45) is 23.2 Å². The Morgan fingerprint density at radius 3 is 2.29 bits per heavy atom. The molecule has 0 heterocycles. The fraction of sp³-hybridized carbons (Fsp3) is 0.684. The first kappa shape index (κ1) is 14.7. The summed E-state index contributed by atoms with van der Waals surface area (Å²) in [6.07, 6.45) is 17.6. The van der Waals surface area contributed by atoms with Crippen molar-refractivity contribution in [2.45, 2.75) is 58.3 Å². The first-order valence-corrected chi connectivity index (χ1v) is 8.61. The molecular weight excluding hydrogens is 260 g/mol. The van der Waals surface area contributed by atoms with Crippen molar-refractivity contribution < 1.29 is 9.59 Å². The summed E-state index contributed by atoms with van der Waals surface area (Å²) in [6, 6.07) is 0. The highest BCUT2D eigenvalue weighted by molar-refractivity contribution is 6.08. The summed E-state index contributed by atoms with van der Waals surface area (Å²) in [5.74, 6) is 0.596. The number of rotatable bonds is 7. The summed E-state index contributed by atoms with van der Waals surface area (Å²) < 4.78 is 0. The van der Waals surface area contributed by atoms with Crippen molar-refractivity contribution in [3.8, 4) is 0 Å². The number of carbonyl (C=O) groups excluding carboxylic acids is 2. The Morgan fingerprint density at radius 1 is 1.05 bits per heavy atom. The molecule has 0 aromatic heterocycles. The van der Waals surface area contributed by atoms with E-state index in [0.29, 0.717) is 12.8 Å². The third kappa shape index (κ3) is 2.33. The second-order valence-corrected chi connectivity index (χ2v) is 6.98. The number of allylic oxidation sites excluding steroid dienone is 4. The maximum absolute atomic E-state index is 12.2. The molecule has 114 valence electrons. The fourth-order valence-corrected chi connectivity index (χ4v) is 4.70. The van der Waals surface area contributed by atoms with Crippen molar-refractivity contribution in [3.63, 3.8) is 0 Å². The van der Waals surface area contributed by atoms with Crippen LogP contribution in [0.4, 0.5) is 0 Å². The van der Waals surface area contributed by atoms with Crippen LogP contribution in [0.2, 0.25) is 0 Å². The van der Waals surface area contributed by atoms with Crippen LogP contribution in [0.1, 0.15) is 58.3 Å². The molecule has 21 heavy (non-hydrogen) atoms. The molecule has 0 spiro atoms. The number of hydrogen-bond acceptors (Lipinski definition) is 2. The maximum Gasteiger partial charge on any atom is 0.144 e. The minimum absolute atomic E-state index is 0.169. The highest BCUT2D eigenvalue weighted by Crippen LogP contribution is 2.62. The normalized spacial score (nSPS) is 37.1. The fourth-order valence-electron chi connectivity index (χ4n) is 4.70. The first-order valence-electron chi connectivity index (χ1n) is 8.61. The Kier molecular flexibility index (Phi) is 4.14. The second kappa shape index (κ2) is 5.90. The molecule has 2 atom stereocenters. The highest BCUT2D eigenvalue weighted by Gasteiger charge is 2.64. The van der Waals surface area contributed by atoms with Crippen LogP contribution in [0.5, 0.6) is 0 Å². The third-order valence-electron chi connectivity index (χ3n) is 5.73. The molecule has 2 unspecified atom stereocenters. The van der Waals surface area contributed by atoms with E-state index >= 15 is 0 Å². The molecule has 2 nitrogen and oxygen atoms in total. The third-order valence-corrected chi connectivity index (χ3v) is 5.73. The van der Waals surface area contributed by atoms with Gasteiger partial charge in [-0.15, -0.1) is 0 Å². The zero-order valence-electron chi connectivity index (χ0n) is 13.0.